The van der Waals surface area contributed by atoms with Crippen molar-refractivity contribution in [1.29, 1.82) is 0 Å². The van der Waals surface area contributed by atoms with Crippen molar-refractivity contribution < 1.29 is 18.7 Å². The maximum absolute atomic E-state index is 13.6. The van der Waals surface area contributed by atoms with Gasteiger partial charge in [0.1, 0.15) is 11.6 Å². The number of anilines is 1. The Bertz CT molecular complexity index is 988. The van der Waals surface area contributed by atoms with Crippen molar-refractivity contribution in [3.63, 3.8) is 0 Å². The van der Waals surface area contributed by atoms with Crippen LogP contribution in [0.25, 0.3) is 0 Å². The van der Waals surface area contributed by atoms with Crippen molar-refractivity contribution >= 4 is 11.7 Å². The number of rotatable bonds is 11. The third kappa shape index (κ3) is 6.85. The van der Waals surface area contributed by atoms with Gasteiger partial charge in [0.2, 0.25) is 0 Å². The van der Waals surface area contributed by atoms with Crippen LogP contribution in [-0.2, 0) is 17.8 Å². The summed E-state index contributed by atoms with van der Waals surface area (Å²) >= 11 is 0. The zero-order chi connectivity index (χ0) is 22.8. The van der Waals surface area contributed by atoms with E-state index in [1.165, 1.54) is 12.1 Å². The second kappa shape index (κ2) is 11.9. The molecule has 170 valence electrons. The Morgan fingerprint density at radius 2 is 1.94 bits per heavy atom. The number of hydrogen-bond acceptors (Lipinski definition) is 3. The molecule has 0 bridgehead atoms. The van der Waals surface area contributed by atoms with Crippen molar-refractivity contribution in [3.8, 4) is 5.75 Å². The molecular formula is C25H30FN3O3. The van der Waals surface area contributed by atoms with E-state index < -0.39 is 0 Å². The SMILES string of the molecule is CCOc1ccc(NC(=O)N(CCCOC)Cc2cccn2Cc2cccc(F)c2)cc1. The molecule has 0 aliphatic rings. The van der Waals surface area contributed by atoms with Crippen molar-refractivity contribution in [3.05, 3.63) is 83.9 Å². The number of halogens is 1. The Morgan fingerprint density at radius 3 is 2.66 bits per heavy atom. The van der Waals surface area contributed by atoms with Crippen LogP contribution in [0.2, 0.25) is 0 Å². The first-order valence-corrected chi connectivity index (χ1v) is 10.7. The number of methoxy groups -OCH3 is 1. The summed E-state index contributed by atoms with van der Waals surface area (Å²) in [7, 11) is 1.65. The van der Waals surface area contributed by atoms with Gasteiger partial charge in [-0.3, -0.25) is 0 Å². The minimum atomic E-state index is -0.257. The summed E-state index contributed by atoms with van der Waals surface area (Å²) in [6, 6.07) is 17.6. The summed E-state index contributed by atoms with van der Waals surface area (Å²) in [6.07, 6.45) is 2.66. The number of carbonyl (C=O) groups is 1. The van der Waals surface area contributed by atoms with Gasteiger partial charge in [-0.15, -0.1) is 0 Å². The average molecular weight is 440 g/mol. The molecule has 3 aromatic rings. The van der Waals surface area contributed by atoms with Crippen LogP contribution in [-0.4, -0.2) is 42.4 Å². The number of urea groups is 1. The number of ether oxygens (including phenoxy) is 2. The molecule has 2 aromatic carbocycles. The van der Waals surface area contributed by atoms with Gasteiger partial charge in [0.05, 0.1) is 13.2 Å². The minimum Gasteiger partial charge on any atom is -0.494 e. The summed E-state index contributed by atoms with van der Waals surface area (Å²) in [5.41, 5.74) is 2.53. The van der Waals surface area contributed by atoms with Crippen molar-refractivity contribution in [2.24, 2.45) is 0 Å². The normalized spacial score (nSPS) is 10.7. The van der Waals surface area contributed by atoms with Crippen molar-refractivity contribution in [2.75, 3.05) is 32.2 Å². The molecule has 7 heteroatoms. The lowest BCUT2D eigenvalue weighted by Crippen LogP contribution is -2.36. The summed E-state index contributed by atoms with van der Waals surface area (Å²) in [5, 5.41) is 2.96. The van der Waals surface area contributed by atoms with Crippen LogP contribution in [0.1, 0.15) is 24.6 Å². The molecule has 0 radical (unpaired) electrons. The largest absolute Gasteiger partial charge is 0.494 e. The summed E-state index contributed by atoms with van der Waals surface area (Å²) in [4.78, 5) is 14.8. The molecule has 0 fully saturated rings. The van der Waals surface area contributed by atoms with Gasteiger partial charge in [-0.25, -0.2) is 9.18 Å². The highest BCUT2D eigenvalue weighted by Gasteiger charge is 2.16. The number of hydrogen-bond donors (Lipinski definition) is 1. The Labute approximate surface area is 188 Å². The smallest absolute Gasteiger partial charge is 0.322 e. The van der Waals surface area contributed by atoms with Gasteiger partial charge in [0, 0.05) is 44.4 Å². The topological polar surface area (TPSA) is 55.7 Å². The third-order valence-electron chi connectivity index (χ3n) is 5.00. The van der Waals surface area contributed by atoms with Gasteiger partial charge in [-0.1, -0.05) is 12.1 Å². The predicted molar refractivity (Wildman–Crippen MR) is 123 cm³/mol. The number of carbonyl (C=O) groups excluding carboxylic acids is 1. The fourth-order valence-corrected chi connectivity index (χ4v) is 3.43. The average Bonchev–Trinajstić information content (AvgIpc) is 3.21. The predicted octanol–water partition coefficient (Wildman–Crippen LogP) is 5.14. The monoisotopic (exact) mass is 439 g/mol. The van der Waals surface area contributed by atoms with Crippen molar-refractivity contribution in [1.82, 2.24) is 9.47 Å². The van der Waals surface area contributed by atoms with Crippen LogP contribution in [0.15, 0.2) is 66.9 Å². The highest BCUT2D eigenvalue weighted by molar-refractivity contribution is 5.89. The first-order valence-electron chi connectivity index (χ1n) is 10.7. The van der Waals surface area contributed by atoms with Crippen LogP contribution < -0.4 is 10.1 Å². The number of nitrogens with zero attached hydrogens (tertiary/aromatic N) is 2. The molecule has 0 atom stereocenters. The molecular weight excluding hydrogens is 409 g/mol. The molecule has 0 aliphatic heterocycles. The van der Waals surface area contributed by atoms with E-state index in [9.17, 15) is 9.18 Å². The van der Waals surface area contributed by atoms with E-state index >= 15 is 0 Å². The summed E-state index contributed by atoms with van der Waals surface area (Å²) < 4.78 is 26.2. The number of aromatic nitrogens is 1. The molecule has 0 saturated heterocycles. The molecule has 2 amide bonds. The van der Waals surface area contributed by atoms with Gasteiger partial charge in [-0.2, -0.15) is 0 Å². The highest BCUT2D eigenvalue weighted by atomic mass is 19.1. The molecule has 3 rings (SSSR count). The Kier molecular flexibility index (Phi) is 8.69. The van der Waals surface area contributed by atoms with Crippen LogP contribution in [0.5, 0.6) is 5.75 Å². The Morgan fingerprint density at radius 1 is 1.12 bits per heavy atom. The van der Waals surface area contributed by atoms with Crippen molar-refractivity contribution in [2.45, 2.75) is 26.4 Å². The van der Waals surface area contributed by atoms with Crippen LogP contribution in [0, 0.1) is 5.82 Å². The number of amides is 2. The first-order chi connectivity index (χ1) is 15.6. The molecule has 6 nitrogen and oxygen atoms in total. The first kappa shape index (κ1) is 23.3. The maximum Gasteiger partial charge on any atom is 0.322 e. The molecule has 0 saturated carbocycles. The fraction of sp³-hybridized carbons (Fsp3) is 0.320. The molecule has 0 aliphatic carbocycles. The quantitative estimate of drug-likeness (QED) is 0.421. The lowest BCUT2D eigenvalue weighted by molar-refractivity contribution is 0.171. The van der Waals surface area contributed by atoms with E-state index in [0.717, 1.165) is 23.4 Å². The van der Waals surface area contributed by atoms with E-state index in [1.807, 2.05) is 60.2 Å². The van der Waals surface area contributed by atoms with E-state index in [1.54, 1.807) is 18.1 Å². The molecule has 1 aromatic heterocycles. The Hall–Kier alpha value is -3.32. The van der Waals surface area contributed by atoms with Crippen LogP contribution >= 0.6 is 0 Å². The van der Waals surface area contributed by atoms with E-state index in [0.29, 0.717) is 38.5 Å². The third-order valence-corrected chi connectivity index (χ3v) is 5.00. The van der Waals surface area contributed by atoms with E-state index in [2.05, 4.69) is 5.32 Å². The molecule has 0 unspecified atom stereocenters. The summed E-state index contributed by atoms with van der Waals surface area (Å²) in [5.74, 6) is 0.504. The Balaban J connectivity index is 1.70. The maximum atomic E-state index is 13.6. The van der Waals surface area contributed by atoms with Gasteiger partial charge in [0.15, 0.2) is 0 Å². The second-order valence-electron chi connectivity index (χ2n) is 7.41. The molecule has 0 spiro atoms. The van der Waals surface area contributed by atoms with Gasteiger partial charge in [0.25, 0.3) is 0 Å². The lowest BCUT2D eigenvalue weighted by Gasteiger charge is -2.24. The minimum absolute atomic E-state index is 0.191. The second-order valence-corrected chi connectivity index (χ2v) is 7.41. The van der Waals surface area contributed by atoms with Crippen LogP contribution in [0.4, 0.5) is 14.9 Å². The van der Waals surface area contributed by atoms with Gasteiger partial charge < -0.3 is 24.3 Å². The van der Waals surface area contributed by atoms with Crippen LogP contribution in [0.3, 0.4) is 0 Å². The van der Waals surface area contributed by atoms with Gasteiger partial charge in [-0.05, 0) is 67.4 Å². The number of benzene rings is 2. The number of nitrogens with one attached hydrogen (secondary N) is 1. The standard InChI is InChI=1S/C25H30FN3O3/c1-3-32-24-12-10-22(11-13-24)27-25(30)29(15-6-16-31-2)19-23-9-5-14-28(23)18-20-7-4-8-21(26)17-20/h4-5,7-14,17H,3,6,15-16,18-19H2,1-2H3,(H,27,30). The fourth-order valence-electron chi connectivity index (χ4n) is 3.43. The van der Waals surface area contributed by atoms with E-state index in [-0.39, 0.29) is 11.8 Å². The van der Waals surface area contributed by atoms with Gasteiger partial charge >= 0.3 is 6.03 Å². The lowest BCUT2D eigenvalue weighted by atomic mass is 10.2. The molecule has 1 N–H and O–H groups in total. The molecule has 32 heavy (non-hydrogen) atoms. The highest BCUT2D eigenvalue weighted by Crippen LogP contribution is 2.17. The summed E-state index contributed by atoms with van der Waals surface area (Å²) in [6.45, 7) is 4.59. The zero-order valence-electron chi connectivity index (χ0n) is 18.6. The van der Waals surface area contributed by atoms with E-state index in [4.69, 9.17) is 9.47 Å². The molecule has 1 heterocycles. The zero-order valence-corrected chi connectivity index (χ0v) is 18.6.